The van der Waals surface area contributed by atoms with Gasteiger partial charge in [0, 0.05) is 83.5 Å². The molecule has 0 unspecified atom stereocenters. The van der Waals surface area contributed by atoms with Crippen LogP contribution in [0.15, 0.2) is 380 Å². The minimum atomic E-state index is -0.0193. The first kappa shape index (κ1) is 62.9. The van der Waals surface area contributed by atoms with Gasteiger partial charge in [-0.2, -0.15) is 0 Å². The van der Waals surface area contributed by atoms with E-state index < -0.39 is 0 Å². The number of fused-ring (bicyclic) bond motifs is 27. The predicted octanol–water partition coefficient (Wildman–Crippen LogP) is 29.5. The van der Waals surface area contributed by atoms with E-state index >= 15 is 0 Å². The molecule has 107 heavy (non-hydrogen) atoms. The van der Waals surface area contributed by atoms with E-state index in [1.54, 1.807) is 0 Å². The van der Waals surface area contributed by atoms with Crippen LogP contribution >= 0.6 is 46.6 Å². The lowest BCUT2D eigenvalue weighted by molar-refractivity contribution is 0.658. The van der Waals surface area contributed by atoms with Crippen LogP contribution in [0.5, 0.6) is 0 Å². The van der Waals surface area contributed by atoms with E-state index in [1.165, 1.54) is 197 Å². The Balaban J connectivity index is 0.0000000999. The van der Waals surface area contributed by atoms with Crippen LogP contribution in [0.25, 0.3) is 118 Å². The van der Waals surface area contributed by atoms with E-state index in [0.29, 0.717) is 0 Å². The van der Waals surface area contributed by atoms with Crippen LogP contribution in [0.3, 0.4) is 0 Å². The van der Waals surface area contributed by atoms with Crippen LogP contribution in [0, 0.1) is 0 Å². The summed E-state index contributed by atoms with van der Waals surface area (Å²) in [5.41, 5.74) is 20.1. The van der Waals surface area contributed by atoms with E-state index in [-0.39, 0.29) is 23.2 Å². The molecule has 0 amide bonds. The minimum absolute atomic E-state index is 0.0193. The van der Waals surface area contributed by atoms with Gasteiger partial charge in [0.15, 0.2) is 0 Å². The van der Waals surface area contributed by atoms with Crippen LogP contribution in [-0.2, 0) is 5.41 Å². The SMILES string of the molecule is CC1(C)c2ccccc2-c2ccc(C3c4c(ccc5ccccc45)Sc4ccc5ccccc5c43)cc21.c1ccc2c3c(ccc2c1)Sc1ccc2ccccc2c1C3c1ccc2c(c1)oc1ccccc12.c1ccc2c3c(ccc2c1)Sc1ccc2ccccc2c1C3c1ccc2c(c1)sc1ccccc12. The third-order valence-electron chi connectivity index (χ3n) is 23.4. The monoisotopic (exact) mass is 1430 g/mol. The molecule has 3 aliphatic heterocycles. The molecule has 0 N–H and O–H groups in total. The highest BCUT2D eigenvalue weighted by Gasteiger charge is 2.39. The Morgan fingerprint density at radius 2 is 0.551 bits per heavy atom. The molecule has 20 aromatic rings. The zero-order chi connectivity index (χ0) is 70.6. The number of furan rings is 1. The fourth-order valence-corrected chi connectivity index (χ4v) is 23.2. The minimum Gasteiger partial charge on any atom is -0.456 e. The van der Waals surface area contributed by atoms with Crippen molar-refractivity contribution in [3.05, 3.63) is 407 Å². The zero-order valence-corrected chi connectivity index (χ0v) is 61.9. The topological polar surface area (TPSA) is 13.1 Å². The summed E-state index contributed by atoms with van der Waals surface area (Å²) in [4.78, 5) is 8.15. The van der Waals surface area contributed by atoms with Crippen molar-refractivity contribution in [1.29, 1.82) is 0 Å². The highest BCUT2D eigenvalue weighted by atomic mass is 32.2. The number of para-hydroxylation sites is 1. The zero-order valence-electron chi connectivity index (χ0n) is 58.7. The van der Waals surface area contributed by atoms with Gasteiger partial charge in [-0.15, -0.1) is 11.3 Å². The Hall–Kier alpha value is -11.4. The Kier molecular flexibility index (Phi) is 14.6. The lowest BCUT2D eigenvalue weighted by Crippen LogP contribution is -2.16. The Labute approximate surface area is 637 Å². The summed E-state index contributed by atoms with van der Waals surface area (Å²) < 4.78 is 9.05. The highest BCUT2D eigenvalue weighted by Crippen LogP contribution is 2.59. The van der Waals surface area contributed by atoms with Crippen molar-refractivity contribution in [2.75, 3.05) is 0 Å². The number of rotatable bonds is 3. The number of hydrogen-bond acceptors (Lipinski definition) is 5. The molecule has 504 valence electrons. The third-order valence-corrected chi connectivity index (χ3v) is 28.0. The van der Waals surface area contributed by atoms with Crippen molar-refractivity contribution in [3.63, 3.8) is 0 Å². The quantitative estimate of drug-likeness (QED) is 0.175. The molecule has 0 fully saturated rings. The first-order valence-electron chi connectivity index (χ1n) is 37.0. The molecule has 0 saturated heterocycles. The van der Waals surface area contributed by atoms with Gasteiger partial charge in [-0.3, -0.25) is 0 Å². The van der Waals surface area contributed by atoms with Gasteiger partial charge < -0.3 is 4.42 Å². The molecule has 5 heterocycles. The van der Waals surface area contributed by atoms with E-state index in [0.717, 1.165) is 11.2 Å². The molecule has 5 heteroatoms. The summed E-state index contributed by atoms with van der Waals surface area (Å²) >= 11 is 7.65. The average molecular weight is 1440 g/mol. The molecule has 24 rings (SSSR count). The predicted molar refractivity (Wildman–Crippen MR) is 456 cm³/mol. The molecular formula is C102H66OS4. The molecule has 2 aromatic heterocycles. The fourth-order valence-electron chi connectivity index (χ4n) is 18.5. The summed E-state index contributed by atoms with van der Waals surface area (Å²) in [7, 11) is 0. The van der Waals surface area contributed by atoms with Crippen LogP contribution < -0.4 is 0 Å². The smallest absolute Gasteiger partial charge is 0.135 e. The second-order valence-electron chi connectivity index (χ2n) is 29.5. The van der Waals surface area contributed by atoms with Crippen molar-refractivity contribution in [1.82, 2.24) is 0 Å². The molecule has 18 aromatic carbocycles. The Morgan fingerprint density at radius 3 is 1.00 bits per heavy atom. The molecule has 1 nitrogen and oxygen atoms in total. The van der Waals surface area contributed by atoms with Gasteiger partial charge in [0.25, 0.3) is 0 Å². The van der Waals surface area contributed by atoms with E-state index in [2.05, 4.69) is 354 Å². The lowest BCUT2D eigenvalue weighted by atomic mass is 9.77. The number of thiophene rings is 1. The normalized spacial score (nSPS) is 14.1. The van der Waals surface area contributed by atoms with Crippen LogP contribution in [0.2, 0.25) is 0 Å². The van der Waals surface area contributed by atoms with Crippen molar-refractivity contribution >= 4 is 153 Å². The summed E-state index contributed by atoms with van der Waals surface area (Å²) in [5.74, 6) is 0.484. The van der Waals surface area contributed by atoms with Gasteiger partial charge in [0.2, 0.25) is 0 Å². The van der Waals surface area contributed by atoms with Crippen molar-refractivity contribution in [2.45, 2.75) is 66.4 Å². The van der Waals surface area contributed by atoms with Gasteiger partial charge >= 0.3 is 0 Å². The maximum atomic E-state index is 6.33. The number of hydrogen-bond donors (Lipinski definition) is 0. The fraction of sp³-hybridized carbons (Fsp3) is 0.0588. The molecule has 0 radical (unpaired) electrons. The molecule has 0 saturated carbocycles. The lowest BCUT2D eigenvalue weighted by Gasteiger charge is -2.32. The van der Waals surface area contributed by atoms with Crippen molar-refractivity contribution in [2.24, 2.45) is 0 Å². The van der Waals surface area contributed by atoms with Crippen LogP contribution in [0.1, 0.15) is 92.8 Å². The maximum absolute atomic E-state index is 6.33. The van der Waals surface area contributed by atoms with Gasteiger partial charge in [-0.25, -0.2) is 0 Å². The summed E-state index contributed by atoms with van der Waals surface area (Å²) in [5, 5.41) is 20.9. The second kappa shape index (κ2) is 24.9. The first-order chi connectivity index (χ1) is 52.8. The molecule has 0 bridgehead atoms. The van der Waals surface area contributed by atoms with E-state index in [9.17, 15) is 0 Å². The summed E-state index contributed by atoms with van der Waals surface area (Å²) in [6.45, 7) is 4.76. The van der Waals surface area contributed by atoms with Gasteiger partial charge in [0.05, 0.1) is 0 Å². The molecule has 0 atom stereocenters. The Morgan fingerprint density at radius 1 is 0.234 bits per heavy atom. The largest absolute Gasteiger partial charge is 0.456 e. The van der Waals surface area contributed by atoms with E-state index in [4.69, 9.17) is 4.42 Å². The van der Waals surface area contributed by atoms with Crippen LogP contribution in [-0.4, -0.2) is 0 Å². The van der Waals surface area contributed by atoms with Gasteiger partial charge in [-0.1, -0.05) is 334 Å². The summed E-state index contributed by atoms with van der Waals surface area (Å²) in [6.07, 6.45) is 0. The molecular weight excluding hydrogens is 1370 g/mol. The Bertz CT molecular complexity index is 6590. The molecule has 0 spiro atoms. The molecule has 4 aliphatic rings. The van der Waals surface area contributed by atoms with Crippen molar-refractivity contribution < 1.29 is 4.42 Å². The standard InChI is InChI=1S/C36H26S.C33H20OS.C33H20S2/c1-36(2)29-14-8-7-13-27(29)28-18-15-24(21-30(28)36)33-34-25-11-5-3-9-22(25)16-19-31(34)37-32-20-17-23-10-4-6-12-26(23)35(32)33;1-3-9-23-20(7-1)14-17-29-32(23)31(33-24-10-4-2-8-21(24)15-18-30(33)35-29)22-13-16-26-25-11-5-6-12-27(25)34-28(26)19-22;1-3-9-23-20(7-1)14-17-28-32(23)31(33-24-10-4-2-8-21(24)15-18-29(33)35-28)22-13-16-26-25-11-5-6-12-27(25)34-30(26)19-22/h3-21,33H,1-2H3;2*1-19,31H. The van der Waals surface area contributed by atoms with Gasteiger partial charge in [0.1, 0.15) is 11.2 Å². The van der Waals surface area contributed by atoms with Crippen LogP contribution in [0.4, 0.5) is 0 Å². The average Bonchev–Trinajstić information content (AvgIpc) is 1.72. The second-order valence-corrected chi connectivity index (χ2v) is 33.8. The third kappa shape index (κ3) is 10.0. The van der Waals surface area contributed by atoms with Crippen molar-refractivity contribution in [3.8, 4) is 11.1 Å². The highest BCUT2D eigenvalue weighted by molar-refractivity contribution is 8.00. The molecule has 1 aliphatic carbocycles. The first-order valence-corrected chi connectivity index (χ1v) is 40.3. The summed E-state index contributed by atoms with van der Waals surface area (Å²) in [6, 6.07) is 128. The number of benzene rings is 18. The van der Waals surface area contributed by atoms with E-state index in [1.807, 2.05) is 52.7 Å². The maximum Gasteiger partial charge on any atom is 0.135 e. The van der Waals surface area contributed by atoms with Gasteiger partial charge in [-0.05, 0) is 198 Å².